The number of hydrogen-bond acceptors (Lipinski definition) is 4. The topological polar surface area (TPSA) is 92.5 Å². The zero-order valence-electron chi connectivity index (χ0n) is 9.81. The number of carbonyl (C=O) groups is 3. The van der Waals surface area contributed by atoms with Gasteiger partial charge in [0.2, 0.25) is 5.91 Å². The van der Waals surface area contributed by atoms with Crippen molar-refractivity contribution in [2.24, 2.45) is 5.73 Å². The molecule has 0 bridgehead atoms. The maximum atomic E-state index is 11.3. The molecule has 1 unspecified atom stereocenters. The lowest BCUT2D eigenvalue weighted by atomic mass is 10.1. The van der Waals surface area contributed by atoms with Crippen molar-refractivity contribution in [2.45, 2.75) is 25.8 Å². The second-order valence-electron chi connectivity index (χ2n) is 3.91. The Hall–Kier alpha value is -1.69. The molecule has 1 atom stereocenters. The van der Waals surface area contributed by atoms with Gasteiger partial charge in [0.1, 0.15) is 0 Å². The van der Waals surface area contributed by atoms with E-state index in [-0.39, 0.29) is 30.2 Å². The summed E-state index contributed by atoms with van der Waals surface area (Å²) in [5.74, 6) is -0.746. The number of carbonyl (C=O) groups excluding carboxylic acids is 3. The van der Waals surface area contributed by atoms with Crippen LogP contribution < -0.4 is 11.1 Å². The van der Waals surface area contributed by atoms with Crippen molar-refractivity contribution in [3.05, 3.63) is 12.2 Å². The molecule has 3 amide bonds. The third-order valence-corrected chi connectivity index (χ3v) is 2.54. The Morgan fingerprint density at radius 1 is 1.41 bits per heavy atom. The van der Waals surface area contributed by atoms with E-state index in [2.05, 4.69) is 5.32 Å². The van der Waals surface area contributed by atoms with Crippen molar-refractivity contribution in [1.82, 2.24) is 10.2 Å². The van der Waals surface area contributed by atoms with Crippen molar-refractivity contribution in [2.75, 3.05) is 13.1 Å². The summed E-state index contributed by atoms with van der Waals surface area (Å²) in [6, 6.07) is -0.270. The molecule has 0 fully saturated rings. The fraction of sp³-hybridized carbons (Fsp3) is 0.545. The van der Waals surface area contributed by atoms with Crippen LogP contribution in [0.25, 0.3) is 0 Å². The molecule has 1 heterocycles. The van der Waals surface area contributed by atoms with Gasteiger partial charge in [-0.3, -0.25) is 19.3 Å². The lowest BCUT2D eigenvalue weighted by molar-refractivity contribution is -0.139. The average Bonchev–Trinajstić information content (AvgIpc) is 2.63. The molecular weight excluding hydrogens is 222 g/mol. The van der Waals surface area contributed by atoms with Crippen molar-refractivity contribution in [3.63, 3.8) is 0 Å². The van der Waals surface area contributed by atoms with Crippen molar-refractivity contribution >= 4 is 17.7 Å². The number of hydrogen-bond donors (Lipinski definition) is 2. The SMILES string of the molecule is CC(CCC(=O)NCCN)N1C(=O)C=CC1=O. The largest absolute Gasteiger partial charge is 0.355 e. The summed E-state index contributed by atoms with van der Waals surface area (Å²) in [7, 11) is 0. The van der Waals surface area contributed by atoms with Gasteiger partial charge in [-0.15, -0.1) is 0 Å². The van der Waals surface area contributed by atoms with Gasteiger partial charge in [0.05, 0.1) is 0 Å². The van der Waals surface area contributed by atoms with Crippen LogP contribution in [0.4, 0.5) is 0 Å². The molecule has 6 heteroatoms. The van der Waals surface area contributed by atoms with Crippen molar-refractivity contribution < 1.29 is 14.4 Å². The Morgan fingerprint density at radius 3 is 2.53 bits per heavy atom. The highest BCUT2D eigenvalue weighted by atomic mass is 16.2. The third-order valence-electron chi connectivity index (χ3n) is 2.54. The van der Waals surface area contributed by atoms with Gasteiger partial charge in [-0.2, -0.15) is 0 Å². The van der Waals surface area contributed by atoms with Gasteiger partial charge in [0.25, 0.3) is 11.8 Å². The Labute approximate surface area is 99.8 Å². The minimum absolute atomic E-state index is 0.116. The number of amides is 3. The standard InChI is InChI=1S/C11H17N3O3/c1-8(2-3-9(15)13-7-6-12)14-10(16)4-5-11(14)17/h4-5,8H,2-3,6-7,12H2,1H3,(H,13,15). The molecule has 0 saturated carbocycles. The first-order chi connectivity index (χ1) is 8.06. The summed E-state index contributed by atoms with van der Waals surface area (Å²) in [6.07, 6.45) is 3.22. The van der Waals surface area contributed by atoms with E-state index in [1.807, 2.05) is 0 Å². The van der Waals surface area contributed by atoms with E-state index < -0.39 is 0 Å². The van der Waals surface area contributed by atoms with Crippen LogP contribution >= 0.6 is 0 Å². The van der Waals surface area contributed by atoms with E-state index in [9.17, 15) is 14.4 Å². The van der Waals surface area contributed by atoms with E-state index >= 15 is 0 Å². The fourth-order valence-corrected chi connectivity index (χ4v) is 1.62. The third kappa shape index (κ3) is 3.67. The molecular formula is C11H17N3O3. The molecule has 94 valence electrons. The van der Waals surface area contributed by atoms with Gasteiger partial charge in [-0.1, -0.05) is 0 Å². The maximum Gasteiger partial charge on any atom is 0.253 e. The van der Waals surface area contributed by atoms with Crippen molar-refractivity contribution in [3.8, 4) is 0 Å². The molecule has 0 radical (unpaired) electrons. The summed E-state index contributed by atoms with van der Waals surface area (Å²) in [6.45, 7) is 2.59. The van der Waals surface area contributed by atoms with E-state index in [1.54, 1.807) is 6.92 Å². The summed E-state index contributed by atoms with van der Waals surface area (Å²) in [4.78, 5) is 35.2. The summed E-state index contributed by atoms with van der Waals surface area (Å²) >= 11 is 0. The first kappa shape index (κ1) is 13.4. The molecule has 0 aromatic carbocycles. The molecule has 1 aliphatic heterocycles. The van der Waals surface area contributed by atoms with Gasteiger partial charge in [-0.25, -0.2) is 0 Å². The summed E-state index contributed by atoms with van der Waals surface area (Å²) in [5.41, 5.74) is 5.25. The van der Waals surface area contributed by atoms with Gasteiger partial charge >= 0.3 is 0 Å². The van der Waals surface area contributed by atoms with Crippen LogP contribution in [0.5, 0.6) is 0 Å². The van der Waals surface area contributed by atoms with Gasteiger partial charge in [0.15, 0.2) is 0 Å². The zero-order valence-corrected chi connectivity index (χ0v) is 9.81. The second-order valence-corrected chi connectivity index (χ2v) is 3.91. The minimum Gasteiger partial charge on any atom is -0.355 e. The quantitative estimate of drug-likeness (QED) is 0.591. The first-order valence-corrected chi connectivity index (χ1v) is 5.58. The molecule has 0 aliphatic carbocycles. The van der Waals surface area contributed by atoms with E-state index in [4.69, 9.17) is 5.73 Å². The smallest absolute Gasteiger partial charge is 0.253 e. The molecule has 0 aromatic heterocycles. The van der Waals surface area contributed by atoms with E-state index in [0.29, 0.717) is 19.5 Å². The van der Waals surface area contributed by atoms with Gasteiger partial charge in [-0.05, 0) is 13.3 Å². The molecule has 6 nitrogen and oxygen atoms in total. The van der Waals surface area contributed by atoms with Crippen LogP contribution in [0.15, 0.2) is 12.2 Å². The Kier molecular flexibility index (Phi) is 4.84. The highest BCUT2D eigenvalue weighted by Crippen LogP contribution is 2.12. The van der Waals surface area contributed by atoms with E-state index in [0.717, 1.165) is 4.90 Å². The van der Waals surface area contributed by atoms with E-state index in [1.165, 1.54) is 12.2 Å². The van der Waals surface area contributed by atoms with Crippen LogP contribution in [0.3, 0.4) is 0 Å². The molecule has 1 rings (SSSR count). The predicted octanol–water partition coefficient (Wildman–Crippen LogP) is -0.845. The van der Waals surface area contributed by atoms with Gasteiger partial charge in [0, 0.05) is 37.7 Å². The average molecular weight is 239 g/mol. The normalized spacial score (nSPS) is 16.5. The molecule has 0 saturated heterocycles. The number of nitrogens with two attached hydrogens (primary N) is 1. The second kappa shape index (κ2) is 6.15. The Morgan fingerprint density at radius 2 is 2.00 bits per heavy atom. The molecule has 17 heavy (non-hydrogen) atoms. The monoisotopic (exact) mass is 239 g/mol. The minimum atomic E-state index is -0.315. The number of imide groups is 1. The Bertz CT molecular complexity index is 334. The summed E-state index contributed by atoms with van der Waals surface area (Å²) in [5, 5.41) is 2.63. The van der Waals surface area contributed by atoms with Crippen molar-refractivity contribution in [1.29, 1.82) is 0 Å². The van der Waals surface area contributed by atoms with Crippen LogP contribution in [-0.4, -0.2) is 41.8 Å². The van der Waals surface area contributed by atoms with Crippen LogP contribution in [0.1, 0.15) is 19.8 Å². The maximum absolute atomic E-state index is 11.3. The number of nitrogens with zero attached hydrogens (tertiary/aromatic N) is 1. The molecule has 3 N–H and O–H groups in total. The molecule has 1 aliphatic rings. The number of nitrogens with one attached hydrogen (secondary N) is 1. The first-order valence-electron chi connectivity index (χ1n) is 5.58. The predicted molar refractivity (Wildman–Crippen MR) is 61.8 cm³/mol. The Balaban J connectivity index is 2.35. The summed E-state index contributed by atoms with van der Waals surface area (Å²) < 4.78 is 0. The molecule has 0 spiro atoms. The fourth-order valence-electron chi connectivity index (χ4n) is 1.62. The van der Waals surface area contributed by atoms with Gasteiger partial charge < -0.3 is 11.1 Å². The molecule has 0 aromatic rings. The van der Waals surface area contributed by atoms with Crippen LogP contribution in [-0.2, 0) is 14.4 Å². The zero-order chi connectivity index (χ0) is 12.8. The van der Waals surface area contributed by atoms with Crippen LogP contribution in [0.2, 0.25) is 0 Å². The highest BCUT2D eigenvalue weighted by Gasteiger charge is 2.28. The lowest BCUT2D eigenvalue weighted by Gasteiger charge is -2.21. The highest BCUT2D eigenvalue weighted by molar-refractivity contribution is 6.13. The number of rotatable bonds is 6. The lowest BCUT2D eigenvalue weighted by Crippen LogP contribution is -2.39. The van der Waals surface area contributed by atoms with Crippen LogP contribution in [0, 0.1) is 0 Å².